The van der Waals surface area contributed by atoms with Crippen molar-refractivity contribution >= 4 is 17.0 Å². The summed E-state index contributed by atoms with van der Waals surface area (Å²) in [5, 5.41) is 10.5. The van der Waals surface area contributed by atoms with E-state index in [1.165, 1.54) is 16.5 Å². The summed E-state index contributed by atoms with van der Waals surface area (Å²) in [6, 6.07) is 18.7. The summed E-state index contributed by atoms with van der Waals surface area (Å²) in [7, 11) is 0. The molecule has 1 aromatic heterocycles. The minimum Gasteiger partial charge on any atom is -0.392 e. The fourth-order valence-corrected chi connectivity index (χ4v) is 2.69. The first-order valence-electron chi connectivity index (χ1n) is 7.44. The predicted octanol–water partition coefficient (Wildman–Crippen LogP) is 3.02. The van der Waals surface area contributed by atoms with Crippen molar-refractivity contribution < 1.29 is 5.11 Å². The van der Waals surface area contributed by atoms with Crippen LogP contribution in [0.2, 0.25) is 0 Å². The second-order valence-electron chi connectivity index (χ2n) is 5.38. The fraction of sp³-hybridized carbons (Fsp3) is 0.158. The Morgan fingerprint density at radius 2 is 1.77 bits per heavy atom. The van der Waals surface area contributed by atoms with Gasteiger partial charge in [-0.1, -0.05) is 54.6 Å². The number of nitrogens with two attached hydrogens (primary N) is 1. The van der Waals surface area contributed by atoms with Crippen molar-refractivity contribution in [3.63, 3.8) is 0 Å². The Morgan fingerprint density at radius 3 is 2.50 bits per heavy atom. The van der Waals surface area contributed by atoms with Gasteiger partial charge in [-0.05, 0) is 17.2 Å². The Kier molecular flexibility index (Phi) is 4.37. The van der Waals surface area contributed by atoms with Gasteiger partial charge in [-0.25, -0.2) is 0 Å². The molecule has 0 saturated carbocycles. The summed E-state index contributed by atoms with van der Waals surface area (Å²) < 4.78 is 2.24. The molecule has 0 aliphatic rings. The Labute approximate surface area is 130 Å². The molecular weight excluding hydrogens is 272 g/mol. The summed E-state index contributed by atoms with van der Waals surface area (Å²) in [6.45, 7) is 1.19. The van der Waals surface area contributed by atoms with Gasteiger partial charge in [0.05, 0.1) is 6.61 Å². The summed E-state index contributed by atoms with van der Waals surface area (Å²) in [4.78, 5) is 0. The number of hydrogen-bond donors (Lipinski definition) is 2. The molecule has 0 saturated heterocycles. The molecule has 3 rings (SSSR count). The van der Waals surface area contributed by atoms with E-state index in [9.17, 15) is 5.11 Å². The lowest BCUT2D eigenvalue weighted by Crippen LogP contribution is -2.06. The Hall–Kier alpha value is -2.36. The van der Waals surface area contributed by atoms with Gasteiger partial charge in [0.25, 0.3) is 0 Å². The minimum atomic E-state index is -0.00527. The monoisotopic (exact) mass is 292 g/mol. The molecule has 3 nitrogen and oxygen atoms in total. The van der Waals surface area contributed by atoms with E-state index in [4.69, 9.17) is 5.73 Å². The summed E-state index contributed by atoms with van der Waals surface area (Å²) in [6.07, 6.45) is 4.12. The Balaban J connectivity index is 2.06. The van der Waals surface area contributed by atoms with Gasteiger partial charge < -0.3 is 15.4 Å². The van der Waals surface area contributed by atoms with E-state index >= 15 is 0 Å². The van der Waals surface area contributed by atoms with Gasteiger partial charge in [0.1, 0.15) is 0 Å². The highest BCUT2D eigenvalue weighted by Gasteiger charge is 2.07. The van der Waals surface area contributed by atoms with E-state index in [1.807, 2.05) is 24.3 Å². The van der Waals surface area contributed by atoms with Crippen molar-refractivity contribution in [2.24, 2.45) is 5.73 Å². The van der Waals surface area contributed by atoms with Gasteiger partial charge in [0, 0.05) is 35.8 Å². The van der Waals surface area contributed by atoms with Crippen LogP contribution < -0.4 is 5.73 Å². The van der Waals surface area contributed by atoms with Crippen LogP contribution >= 0.6 is 0 Å². The van der Waals surface area contributed by atoms with E-state index in [0.29, 0.717) is 6.54 Å². The van der Waals surface area contributed by atoms with Crippen molar-refractivity contribution in [3.8, 4) is 0 Å². The first-order valence-corrected chi connectivity index (χ1v) is 7.44. The number of benzene rings is 2. The summed E-state index contributed by atoms with van der Waals surface area (Å²) in [5.74, 6) is 0. The van der Waals surface area contributed by atoms with Crippen LogP contribution in [0.5, 0.6) is 0 Å². The first-order chi connectivity index (χ1) is 10.8. The minimum absolute atomic E-state index is 0.00527. The lowest BCUT2D eigenvalue weighted by atomic mass is 10.1. The van der Waals surface area contributed by atoms with E-state index in [0.717, 1.165) is 17.7 Å². The van der Waals surface area contributed by atoms with Gasteiger partial charge in [-0.3, -0.25) is 0 Å². The van der Waals surface area contributed by atoms with Crippen LogP contribution in [0.15, 0.2) is 66.4 Å². The summed E-state index contributed by atoms with van der Waals surface area (Å²) >= 11 is 0. The van der Waals surface area contributed by atoms with Crippen molar-refractivity contribution in [2.45, 2.75) is 6.54 Å². The molecule has 0 aliphatic heterocycles. The fourth-order valence-electron chi connectivity index (χ4n) is 2.69. The molecule has 112 valence electrons. The molecule has 1 heterocycles. The third-order valence-corrected chi connectivity index (χ3v) is 3.84. The molecular formula is C19H20N2O. The molecule has 0 atom stereocenters. The quantitative estimate of drug-likeness (QED) is 0.759. The first kappa shape index (κ1) is 14.6. The zero-order valence-corrected chi connectivity index (χ0v) is 12.4. The van der Waals surface area contributed by atoms with Crippen LogP contribution in [0.3, 0.4) is 0 Å². The molecule has 0 amide bonds. The van der Waals surface area contributed by atoms with Crippen molar-refractivity contribution in [3.05, 3.63) is 77.5 Å². The van der Waals surface area contributed by atoms with E-state index < -0.39 is 0 Å². The third-order valence-electron chi connectivity index (χ3n) is 3.84. The summed E-state index contributed by atoms with van der Waals surface area (Å²) in [5.41, 5.74) is 10.1. The number of nitrogens with zero attached hydrogens (tertiary/aromatic N) is 1. The van der Waals surface area contributed by atoms with Gasteiger partial charge in [0.15, 0.2) is 0 Å². The van der Waals surface area contributed by atoms with Crippen LogP contribution in [-0.2, 0) is 6.54 Å². The van der Waals surface area contributed by atoms with Gasteiger partial charge >= 0.3 is 0 Å². The van der Waals surface area contributed by atoms with Crippen LogP contribution in [-0.4, -0.2) is 22.8 Å². The second kappa shape index (κ2) is 6.60. The normalized spacial score (nSPS) is 12.0. The Morgan fingerprint density at radius 1 is 1.05 bits per heavy atom. The average Bonchev–Trinajstić information content (AvgIpc) is 2.91. The maximum Gasteiger partial charge on any atom is 0.0657 e. The van der Waals surface area contributed by atoms with Gasteiger partial charge in [0.2, 0.25) is 0 Å². The number of aliphatic hydroxyl groups is 1. The van der Waals surface area contributed by atoms with Gasteiger partial charge in [-0.15, -0.1) is 0 Å². The molecule has 0 spiro atoms. The van der Waals surface area contributed by atoms with Gasteiger partial charge in [-0.2, -0.15) is 0 Å². The number of para-hydroxylation sites is 1. The Bertz CT molecular complexity index is 782. The maximum atomic E-state index is 9.35. The number of rotatable bonds is 5. The maximum absolute atomic E-state index is 9.35. The zero-order valence-electron chi connectivity index (χ0n) is 12.4. The highest BCUT2D eigenvalue weighted by molar-refractivity contribution is 5.90. The molecule has 3 N–H and O–H groups in total. The van der Waals surface area contributed by atoms with E-state index in [2.05, 4.69) is 47.2 Å². The molecule has 22 heavy (non-hydrogen) atoms. The molecule has 0 unspecified atom stereocenters. The molecule has 0 bridgehead atoms. The lowest BCUT2D eigenvalue weighted by Gasteiger charge is -2.05. The largest absolute Gasteiger partial charge is 0.392 e. The number of aliphatic hydroxyl groups excluding tert-OH is 1. The lowest BCUT2D eigenvalue weighted by molar-refractivity contribution is 0.330. The average molecular weight is 292 g/mol. The van der Waals surface area contributed by atoms with E-state index in [-0.39, 0.29) is 6.61 Å². The number of fused-ring (bicyclic) bond motifs is 1. The molecule has 0 aliphatic carbocycles. The van der Waals surface area contributed by atoms with Crippen molar-refractivity contribution in [1.82, 2.24) is 4.57 Å². The SMILES string of the molecule is NC/C(=C\c1cn(Cc2ccccc2)c2ccccc12)CO. The van der Waals surface area contributed by atoms with Crippen LogP contribution in [0, 0.1) is 0 Å². The molecule has 2 aromatic carbocycles. The topological polar surface area (TPSA) is 51.2 Å². The van der Waals surface area contributed by atoms with Crippen molar-refractivity contribution in [2.75, 3.05) is 13.2 Å². The number of aromatic nitrogens is 1. The third kappa shape index (κ3) is 2.96. The molecule has 3 heteroatoms. The standard InChI is InChI=1S/C19H20N2O/c20-11-16(14-22)10-17-13-21(12-15-6-2-1-3-7-15)19-9-5-4-8-18(17)19/h1-10,13,22H,11-12,14,20H2/b16-10+. The molecule has 0 radical (unpaired) electrons. The zero-order chi connectivity index (χ0) is 15.4. The smallest absolute Gasteiger partial charge is 0.0657 e. The second-order valence-corrected chi connectivity index (χ2v) is 5.38. The molecule has 3 aromatic rings. The highest BCUT2D eigenvalue weighted by Crippen LogP contribution is 2.24. The van der Waals surface area contributed by atoms with Crippen LogP contribution in [0.25, 0.3) is 17.0 Å². The highest BCUT2D eigenvalue weighted by atomic mass is 16.3. The van der Waals surface area contributed by atoms with Crippen LogP contribution in [0.4, 0.5) is 0 Å². The van der Waals surface area contributed by atoms with Crippen LogP contribution in [0.1, 0.15) is 11.1 Å². The van der Waals surface area contributed by atoms with Crippen molar-refractivity contribution in [1.29, 1.82) is 0 Å². The molecule has 0 fully saturated rings. The van der Waals surface area contributed by atoms with E-state index in [1.54, 1.807) is 0 Å². The predicted molar refractivity (Wildman–Crippen MR) is 91.6 cm³/mol. The number of hydrogen-bond acceptors (Lipinski definition) is 2.